The maximum absolute atomic E-state index is 10.8. The predicted molar refractivity (Wildman–Crippen MR) is 65.2 cm³/mol. The molecule has 0 bridgehead atoms. The van der Waals surface area contributed by atoms with E-state index in [1.807, 2.05) is 0 Å². The first-order chi connectivity index (χ1) is 7.04. The maximum Gasteiger partial charge on any atom is 0.0746 e. The minimum atomic E-state index is -0.490. The number of hydrogen-bond acceptors (Lipinski definition) is 2. The quantitative estimate of drug-likeness (QED) is 0.813. The van der Waals surface area contributed by atoms with Crippen LogP contribution in [0.25, 0.3) is 0 Å². The van der Waals surface area contributed by atoms with E-state index in [1.165, 1.54) is 17.7 Å². The fraction of sp³-hybridized carbons (Fsp3) is 0.692. The lowest BCUT2D eigenvalue weighted by Crippen LogP contribution is -2.48. The molecule has 84 valence electrons. The lowest BCUT2D eigenvalue weighted by molar-refractivity contribution is -0.0953. The van der Waals surface area contributed by atoms with Crippen molar-refractivity contribution in [2.75, 3.05) is 0 Å². The second-order valence-electron chi connectivity index (χ2n) is 5.38. The first-order valence-electron chi connectivity index (χ1n) is 5.78. The molecule has 1 aromatic rings. The normalized spacial score (nSPS) is 30.3. The van der Waals surface area contributed by atoms with Crippen LogP contribution in [0.1, 0.15) is 44.4 Å². The van der Waals surface area contributed by atoms with Crippen molar-refractivity contribution in [3.8, 4) is 0 Å². The lowest BCUT2D eigenvalue weighted by atomic mass is 9.64. The van der Waals surface area contributed by atoms with Gasteiger partial charge in [-0.2, -0.15) is 0 Å². The Morgan fingerprint density at radius 3 is 2.67 bits per heavy atom. The van der Waals surface area contributed by atoms with Crippen molar-refractivity contribution in [1.29, 1.82) is 0 Å². The average molecular weight is 224 g/mol. The maximum atomic E-state index is 10.8. The van der Waals surface area contributed by atoms with Crippen LogP contribution in [-0.4, -0.2) is 10.7 Å². The molecular formula is C13H20OS. The molecule has 1 aliphatic carbocycles. The SMILES string of the molecule is CC1(C)CCCCC1(O)Cc1cccs1. The predicted octanol–water partition coefficient (Wildman–Crippen LogP) is 3.62. The molecule has 0 aliphatic heterocycles. The van der Waals surface area contributed by atoms with Crippen molar-refractivity contribution < 1.29 is 5.11 Å². The van der Waals surface area contributed by atoms with Crippen molar-refractivity contribution in [2.24, 2.45) is 5.41 Å². The molecule has 0 amide bonds. The van der Waals surface area contributed by atoms with E-state index in [4.69, 9.17) is 0 Å². The molecule has 1 saturated carbocycles. The number of thiophene rings is 1. The van der Waals surface area contributed by atoms with E-state index in [0.717, 1.165) is 19.3 Å². The summed E-state index contributed by atoms with van der Waals surface area (Å²) in [6, 6.07) is 4.20. The zero-order valence-electron chi connectivity index (χ0n) is 9.62. The Bertz CT molecular complexity index is 315. The van der Waals surface area contributed by atoms with Crippen LogP contribution >= 0.6 is 11.3 Å². The van der Waals surface area contributed by atoms with Gasteiger partial charge in [0.15, 0.2) is 0 Å². The molecule has 1 aliphatic rings. The van der Waals surface area contributed by atoms with Crippen LogP contribution in [0.2, 0.25) is 0 Å². The van der Waals surface area contributed by atoms with Gasteiger partial charge in [-0.05, 0) is 29.7 Å². The van der Waals surface area contributed by atoms with Crippen LogP contribution in [0.4, 0.5) is 0 Å². The van der Waals surface area contributed by atoms with E-state index in [2.05, 4.69) is 31.4 Å². The van der Waals surface area contributed by atoms with E-state index in [9.17, 15) is 5.11 Å². The third kappa shape index (κ3) is 2.11. The molecule has 1 atom stereocenters. The Labute approximate surface area is 96.1 Å². The molecule has 1 N–H and O–H groups in total. The van der Waals surface area contributed by atoms with E-state index < -0.39 is 5.60 Å². The fourth-order valence-corrected chi connectivity index (χ4v) is 3.40. The third-order valence-electron chi connectivity index (χ3n) is 3.95. The summed E-state index contributed by atoms with van der Waals surface area (Å²) in [5, 5.41) is 12.9. The minimum absolute atomic E-state index is 0.0647. The van der Waals surface area contributed by atoms with Gasteiger partial charge in [-0.1, -0.05) is 32.8 Å². The molecule has 0 aromatic carbocycles. The highest BCUT2D eigenvalue weighted by atomic mass is 32.1. The second-order valence-corrected chi connectivity index (χ2v) is 6.41. The molecule has 1 fully saturated rings. The Balaban J connectivity index is 2.17. The van der Waals surface area contributed by atoms with Crippen LogP contribution in [-0.2, 0) is 6.42 Å². The molecule has 2 rings (SSSR count). The van der Waals surface area contributed by atoms with Crippen LogP contribution in [0.5, 0.6) is 0 Å². The van der Waals surface area contributed by atoms with Gasteiger partial charge in [-0.25, -0.2) is 0 Å². The summed E-state index contributed by atoms with van der Waals surface area (Å²) < 4.78 is 0. The van der Waals surface area contributed by atoms with Crippen molar-refractivity contribution in [2.45, 2.75) is 51.6 Å². The lowest BCUT2D eigenvalue weighted by Gasteiger charge is -2.46. The van der Waals surface area contributed by atoms with Crippen LogP contribution in [0, 0.1) is 5.41 Å². The second kappa shape index (κ2) is 3.91. The van der Waals surface area contributed by atoms with Crippen molar-refractivity contribution in [3.05, 3.63) is 22.4 Å². The molecule has 0 spiro atoms. The Kier molecular flexibility index (Phi) is 2.91. The Hall–Kier alpha value is -0.340. The molecule has 1 nitrogen and oxygen atoms in total. The van der Waals surface area contributed by atoms with Crippen LogP contribution in [0.3, 0.4) is 0 Å². The largest absolute Gasteiger partial charge is 0.389 e. The first-order valence-corrected chi connectivity index (χ1v) is 6.66. The number of aliphatic hydroxyl groups is 1. The summed E-state index contributed by atoms with van der Waals surface area (Å²) in [5.74, 6) is 0. The summed E-state index contributed by atoms with van der Waals surface area (Å²) in [5.41, 5.74) is -0.425. The summed E-state index contributed by atoms with van der Waals surface area (Å²) in [7, 11) is 0. The van der Waals surface area contributed by atoms with Gasteiger partial charge in [0.2, 0.25) is 0 Å². The zero-order valence-corrected chi connectivity index (χ0v) is 10.4. The van der Waals surface area contributed by atoms with Crippen LogP contribution < -0.4 is 0 Å². The minimum Gasteiger partial charge on any atom is -0.389 e. The first kappa shape index (κ1) is 11.2. The van der Waals surface area contributed by atoms with Crippen molar-refractivity contribution in [3.63, 3.8) is 0 Å². The van der Waals surface area contributed by atoms with Gasteiger partial charge in [0.1, 0.15) is 0 Å². The summed E-state index contributed by atoms with van der Waals surface area (Å²) >= 11 is 1.76. The Morgan fingerprint density at radius 1 is 1.33 bits per heavy atom. The van der Waals surface area contributed by atoms with Gasteiger partial charge in [-0.15, -0.1) is 11.3 Å². The smallest absolute Gasteiger partial charge is 0.0746 e. The number of hydrogen-bond donors (Lipinski definition) is 1. The van der Waals surface area contributed by atoms with Gasteiger partial charge in [0, 0.05) is 11.3 Å². The fourth-order valence-electron chi connectivity index (χ4n) is 2.58. The zero-order chi connectivity index (χ0) is 10.9. The molecule has 0 saturated heterocycles. The third-order valence-corrected chi connectivity index (χ3v) is 4.83. The molecule has 15 heavy (non-hydrogen) atoms. The highest BCUT2D eigenvalue weighted by molar-refractivity contribution is 7.09. The van der Waals surface area contributed by atoms with Crippen molar-refractivity contribution in [1.82, 2.24) is 0 Å². The van der Waals surface area contributed by atoms with Gasteiger partial charge in [0.05, 0.1) is 5.60 Å². The average Bonchev–Trinajstić information content (AvgIpc) is 2.63. The highest BCUT2D eigenvalue weighted by Gasteiger charge is 2.44. The standard InChI is InChI=1S/C13H20OS/c1-12(2)7-3-4-8-13(12,14)10-11-6-5-9-15-11/h5-6,9,14H,3-4,7-8,10H2,1-2H3. The van der Waals surface area contributed by atoms with E-state index in [0.29, 0.717) is 0 Å². The number of rotatable bonds is 2. The summed E-state index contributed by atoms with van der Waals surface area (Å²) in [6.45, 7) is 4.42. The molecule has 2 heteroatoms. The molecule has 1 aromatic heterocycles. The van der Waals surface area contributed by atoms with E-state index >= 15 is 0 Å². The van der Waals surface area contributed by atoms with Crippen LogP contribution in [0.15, 0.2) is 17.5 Å². The van der Waals surface area contributed by atoms with Gasteiger partial charge >= 0.3 is 0 Å². The monoisotopic (exact) mass is 224 g/mol. The molecule has 1 heterocycles. The van der Waals surface area contributed by atoms with Gasteiger partial charge < -0.3 is 5.11 Å². The molecule has 1 unspecified atom stereocenters. The Morgan fingerprint density at radius 2 is 2.07 bits per heavy atom. The van der Waals surface area contributed by atoms with Gasteiger partial charge in [-0.3, -0.25) is 0 Å². The van der Waals surface area contributed by atoms with E-state index in [-0.39, 0.29) is 5.41 Å². The molecule has 0 radical (unpaired) electrons. The van der Waals surface area contributed by atoms with Crippen molar-refractivity contribution >= 4 is 11.3 Å². The summed E-state index contributed by atoms with van der Waals surface area (Å²) in [6.07, 6.45) is 5.37. The van der Waals surface area contributed by atoms with E-state index in [1.54, 1.807) is 11.3 Å². The topological polar surface area (TPSA) is 20.2 Å². The molecular weight excluding hydrogens is 204 g/mol. The van der Waals surface area contributed by atoms with Gasteiger partial charge in [0.25, 0.3) is 0 Å². The summed E-state index contributed by atoms with van der Waals surface area (Å²) in [4.78, 5) is 1.31. The highest BCUT2D eigenvalue weighted by Crippen LogP contribution is 2.45.